The maximum Gasteiger partial charge on any atom is 1.00 e. The van der Waals surface area contributed by atoms with E-state index in [2.05, 4.69) is 9.97 Å². The Morgan fingerprint density at radius 2 is 1.70 bits per heavy atom. The molecule has 0 fully saturated rings. The second-order valence-electron chi connectivity index (χ2n) is 4.49. The minimum atomic E-state index is -1.16. The summed E-state index contributed by atoms with van der Waals surface area (Å²) >= 11 is 17.8. The number of aromatic carboxylic acids is 1. The van der Waals surface area contributed by atoms with Gasteiger partial charge < -0.3 is 5.11 Å². The number of halogens is 3. The fourth-order valence-electron chi connectivity index (χ4n) is 2.03. The van der Waals surface area contributed by atoms with Gasteiger partial charge >= 0.3 is 35.5 Å². The van der Waals surface area contributed by atoms with Crippen LogP contribution in [-0.4, -0.2) is 21.0 Å². The van der Waals surface area contributed by atoms with Crippen molar-refractivity contribution in [1.29, 1.82) is 0 Å². The Morgan fingerprint density at radius 3 is 2.35 bits per heavy atom. The van der Waals surface area contributed by atoms with Crippen LogP contribution in [0, 0.1) is 0 Å². The Labute approximate surface area is 168 Å². The van der Waals surface area contributed by atoms with Crippen LogP contribution in [0.2, 0.25) is 15.1 Å². The number of nitrogens with zero attached hydrogens (tertiary/aromatic N) is 2. The quantitative estimate of drug-likeness (QED) is 0.695. The molecule has 8 heteroatoms. The zero-order valence-corrected chi connectivity index (χ0v) is 16.1. The van der Waals surface area contributed by atoms with E-state index in [4.69, 9.17) is 34.8 Å². The molecule has 0 aliphatic heterocycles. The summed E-state index contributed by atoms with van der Waals surface area (Å²) in [5, 5.41) is 10.9. The van der Waals surface area contributed by atoms with E-state index in [1.807, 2.05) is 0 Å². The molecule has 0 spiro atoms. The van der Waals surface area contributed by atoms with Gasteiger partial charge in [-0.1, -0.05) is 34.8 Å². The van der Waals surface area contributed by atoms with E-state index in [9.17, 15) is 9.90 Å². The second kappa shape index (κ2) is 7.34. The van der Waals surface area contributed by atoms with Crippen molar-refractivity contribution in [3.05, 3.63) is 57.2 Å². The molecule has 3 aromatic rings. The minimum Gasteiger partial charge on any atom is -0.476 e. The molecule has 1 N–H and O–H groups in total. The van der Waals surface area contributed by atoms with Gasteiger partial charge in [0.15, 0.2) is 11.5 Å². The third-order valence-corrected chi connectivity index (χ3v) is 4.01. The van der Waals surface area contributed by atoms with Gasteiger partial charge in [-0.05, 0) is 36.4 Å². The van der Waals surface area contributed by atoms with Crippen LogP contribution in [0.15, 0.2) is 36.4 Å². The zero-order valence-electron chi connectivity index (χ0n) is 11.8. The molecule has 23 heavy (non-hydrogen) atoms. The molecule has 0 radical (unpaired) electrons. The Bertz CT molecular complexity index is 919. The first-order chi connectivity index (χ1) is 10.5. The molecule has 1 aromatic heterocycles. The molecule has 2 aromatic carbocycles. The van der Waals surface area contributed by atoms with E-state index in [1.165, 1.54) is 6.07 Å². The normalized spacial score (nSPS) is 10.4. The number of carbonyl (C=O) groups is 1. The van der Waals surface area contributed by atoms with Crippen LogP contribution in [0.3, 0.4) is 0 Å². The van der Waals surface area contributed by atoms with Crippen molar-refractivity contribution < 1.29 is 39.5 Å². The van der Waals surface area contributed by atoms with Crippen molar-refractivity contribution in [1.82, 2.24) is 9.97 Å². The molecule has 0 aliphatic rings. The van der Waals surface area contributed by atoms with E-state index in [0.29, 0.717) is 31.5 Å². The number of benzene rings is 2. The van der Waals surface area contributed by atoms with Crippen molar-refractivity contribution >= 4 is 51.7 Å². The molecule has 0 amide bonds. The number of carboxylic acids is 1. The standard InChI is InChI=1S/C15H7Cl3N2O2.Na/c16-8-2-4-12-9(6-8)13(15(21)22)20-14(19-12)7-1-3-10(17)11(18)5-7;/h1-6H,(H,21,22);/q;+1. The first-order valence-electron chi connectivity index (χ1n) is 6.12. The number of aromatic nitrogens is 2. The molecule has 0 aliphatic carbocycles. The smallest absolute Gasteiger partial charge is 0.476 e. The van der Waals surface area contributed by atoms with E-state index in [0.717, 1.165) is 0 Å². The van der Waals surface area contributed by atoms with Crippen LogP contribution < -0.4 is 29.6 Å². The van der Waals surface area contributed by atoms with Crippen molar-refractivity contribution in [2.24, 2.45) is 0 Å². The van der Waals surface area contributed by atoms with Gasteiger partial charge in [0, 0.05) is 16.0 Å². The summed E-state index contributed by atoms with van der Waals surface area (Å²) in [4.78, 5) is 19.9. The summed E-state index contributed by atoms with van der Waals surface area (Å²) in [6.45, 7) is 0. The van der Waals surface area contributed by atoms with Crippen molar-refractivity contribution in [2.75, 3.05) is 0 Å². The van der Waals surface area contributed by atoms with Crippen LogP contribution >= 0.6 is 34.8 Å². The van der Waals surface area contributed by atoms with E-state index < -0.39 is 5.97 Å². The predicted molar refractivity (Wildman–Crippen MR) is 87.0 cm³/mol. The molecule has 0 saturated heterocycles. The van der Waals surface area contributed by atoms with E-state index in [-0.39, 0.29) is 41.1 Å². The number of carboxylic acid groups (broad SMARTS) is 1. The molecule has 110 valence electrons. The van der Waals surface area contributed by atoms with Crippen LogP contribution in [0.5, 0.6) is 0 Å². The Morgan fingerprint density at radius 1 is 0.957 bits per heavy atom. The maximum atomic E-state index is 11.5. The molecule has 3 rings (SSSR count). The monoisotopic (exact) mass is 375 g/mol. The van der Waals surface area contributed by atoms with Crippen LogP contribution in [0.4, 0.5) is 0 Å². The van der Waals surface area contributed by atoms with Gasteiger partial charge in [0.05, 0.1) is 15.6 Å². The summed E-state index contributed by atoms with van der Waals surface area (Å²) in [5.41, 5.74) is 0.945. The molecule has 0 unspecified atom stereocenters. The third kappa shape index (κ3) is 3.79. The van der Waals surface area contributed by atoms with Gasteiger partial charge in [-0.25, -0.2) is 14.8 Å². The van der Waals surface area contributed by atoms with E-state index in [1.54, 1.807) is 30.3 Å². The van der Waals surface area contributed by atoms with Gasteiger partial charge in [0.25, 0.3) is 0 Å². The number of hydrogen-bond acceptors (Lipinski definition) is 3. The van der Waals surface area contributed by atoms with Gasteiger partial charge in [-0.3, -0.25) is 0 Å². The van der Waals surface area contributed by atoms with Crippen LogP contribution in [0.25, 0.3) is 22.3 Å². The van der Waals surface area contributed by atoms with Crippen molar-refractivity contribution in [2.45, 2.75) is 0 Å². The average molecular weight is 377 g/mol. The molecular formula is C15H7Cl3N2NaO2+. The Balaban J connectivity index is 0.00000192. The van der Waals surface area contributed by atoms with Crippen LogP contribution in [0.1, 0.15) is 10.5 Å². The average Bonchev–Trinajstić information content (AvgIpc) is 2.48. The summed E-state index contributed by atoms with van der Waals surface area (Å²) in [6.07, 6.45) is 0. The minimum absolute atomic E-state index is 0. The number of rotatable bonds is 2. The Hall–Kier alpha value is -0.880. The molecule has 0 atom stereocenters. The van der Waals surface area contributed by atoms with Gasteiger partial charge in [0.1, 0.15) is 0 Å². The van der Waals surface area contributed by atoms with Gasteiger partial charge in [-0.2, -0.15) is 0 Å². The summed E-state index contributed by atoms with van der Waals surface area (Å²) in [6, 6.07) is 9.69. The van der Waals surface area contributed by atoms with E-state index >= 15 is 0 Å². The fourth-order valence-corrected chi connectivity index (χ4v) is 2.50. The van der Waals surface area contributed by atoms with Crippen LogP contribution in [-0.2, 0) is 0 Å². The molecule has 0 saturated carbocycles. The first kappa shape index (κ1) is 18.5. The van der Waals surface area contributed by atoms with Gasteiger partial charge in [0.2, 0.25) is 0 Å². The second-order valence-corrected chi connectivity index (χ2v) is 5.74. The SMILES string of the molecule is O=C(O)c1nc(-c2ccc(Cl)c(Cl)c2)nc2ccc(Cl)cc12.[Na+]. The predicted octanol–water partition coefficient (Wildman–Crippen LogP) is 1.96. The van der Waals surface area contributed by atoms with Crippen molar-refractivity contribution in [3.63, 3.8) is 0 Å². The fraction of sp³-hybridized carbons (Fsp3) is 0. The first-order valence-corrected chi connectivity index (χ1v) is 7.25. The molecule has 0 bridgehead atoms. The molecule has 4 nitrogen and oxygen atoms in total. The topological polar surface area (TPSA) is 63.1 Å². The molecule has 1 heterocycles. The largest absolute Gasteiger partial charge is 1.00 e. The zero-order chi connectivity index (χ0) is 15.9. The summed E-state index contributed by atoms with van der Waals surface area (Å²) < 4.78 is 0. The molecular weight excluding hydrogens is 370 g/mol. The number of hydrogen-bond donors (Lipinski definition) is 1. The van der Waals surface area contributed by atoms with Gasteiger partial charge in [-0.15, -0.1) is 0 Å². The number of fused-ring (bicyclic) bond motifs is 1. The third-order valence-electron chi connectivity index (χ3n) is 3.04. The van der Waals surface area contributed by atoms with Crippen molar-refractivity contribution in [3.8, 4) is 11.4 Å². The maximum absolute atomic E-state index is 11.5. The summed E-state index contributed by atoms with van der Waals surface area (Å²) in [5.74, 6) is -0.901. The Kier molecular flexibility index (Phi) is 5.89. The summed E-state index contributed by atoms with van der Waals surface area (Å²) in [7, 11) is 0.